The average molecular weight is 297 g/mol. The van der Waals surface area contributed by atoms with E-state index in [2.05, 4.69) is 5.32 Å². The number of aryl methyl sites for hydroxylation is 1. The summed E-state index contributed by atoms with van der Waals surface area (Å²) in [4.78, 5) is 23.4. The molecule has 2 rings (SSSR count). The van der Waals surface area contributed by atoms with E-state index < -0.39 is 5.97 Å². The van der Waals surface area contributed by atoms with Gasteiger partial charge in [-0.2, -0.15) is 0 Å². The van der Waals surface area contributed by atoms with Gasteiger partial charge in [-0.25, -0.2) is 4.79 Å². The summed E-state index contributed by atoms with van der Waals surface area (Å²) < 4.78 is 0. The van der Waals surface area contributed by atoms with Crippen molar-refractivity contribution in [3.8, 4) is 0 Å². The van der Waals surface area contributed by atoms with Gasteiger partial charge in [0.05, 0.1) is 11.1 Å². The zero-order chi connectivity index (χ0) is 15.9. The molecule has 0 heterocycles. The molecule has 4 heteroatoms. The SMILES string of the molecule is C[C@@H](CCc1ccccc1)NC(=O)c1ccccc1C(=O)O. The third kappa shape index (κ3) is 4.19. The molecule has 114 valence electrons. The molecule has 0 aromatic heterocycles. The van der Waals surface area contributed by atoms with E-state index in [9.17, 15) is 9.59 Å². The van der Waals surface area contributed by atoms with Gasteiger partial charge in [-0.15, -0.1) is 0 Å². The lowest BCUT2D eigenvalue weighted by molar-refractivity contribution is 0.0690. The van der Waals surface area contributed by atoms with Gasteiger partial charge in [0.25, 0.3) is 5.91 Å². The Bertz CT molecular complexity index is 652. The predicted molar refractivity (Wildman–Crippen MR) is 85.1 cm³/mol. The molecule has 2 N–H and O–H groups in total. The molecule has 0 radical (unpaired) electrons. The number of nitrogens with one attached hydrogen (secondary N) is 1. The van der Waals surface area contributed by atoms with Gasteiger partial charge >= 0.3 is 5.97 Å². The van der Waals surface area contributed by atoms with Crippen LogP contribution in [-0.4, -0.2) is 23.0 Å². The number of amides is 1. The van der Waals surface area contributed by atoms with E-state index in [1.807, 2.05) is 37.3 Å². The molecular weight excluding hydrogens is 278 g/mol. The number of hydrogen-bond donors (Lipinski definition) is 2. The number of benzene rings is 2. The van der Waals surface area contributed by atoms with Crippen molar-refractivity contribution in [3.63, 3.8) is 0 Å². The molecule has 0 spiro atoms. The first-order valence-electron chi connectivity index (χ1n) is 7.25. The van der Waals surface area contributed by atoms with E-state index >= 15 is 0 Å². The molecule has 0 aliphatic carbocycles. The Hall–Kier alpha value is -2.62. The van der Waals surface area contributed by atoms with Gasteiger partial charge in [-0.1, -0.05) is 42.5 Å². The fourth-order valence-electron chi connectivity index (χ4n) is 2.27. The summed E-state index contributed by atoms with van der Waals surface area (Å²) in [6.07, 6.45) is 1.66. The van der Waals surface area contributed by atoms with E-state index in [4.69, 9.17) is 5.11 Å². The van der Waals surface area contributed by atoms with E-state index in [1.54, 1.807) is 12.1 Å². The van der Waals surface area contributed by atoms with Crippen LogP contribution in [-0.2, 0) is 6.42 Å². The van der Waals surface area contributed by atoms with Crippen LogP contribution < -0.4 is 5.32 Å². The molecule has 1 amide bonds. The molecule has 0 saturated carbocycles. The molecule has 0 bridgehead atoms. The highest BCUT2D eigenvalue weighted by Crippen LogP contribution is 2.10. The Kier molecular flexibility index (Phi) is 5.31. The molecule has 2 aromatic rings. The Morgan fingerprint density at radius 2 is 1.59 bits per heavy atom. The average Bonchev–Trinajstić information content (AvgIpc) is 2.54. The molecule has 2 aromatic carbocycles. The fourth-order valence-corrected chi connectivity index (χ4v) is 2.27. The first-order chi connectivity index (χ1) is 10.6. The lowest BCUT2D eigenvalue weighted by atomic mass is 10.0. The molecule has 0 saturated heterocycles. The molecule has 0 fully saturated rings. The van der Waals surface area contributed by atoms with E-state index in [-0.39, 0.29) is 23.1 Å². The van der Waals surface area contributed by atoms with Gasteiger partial charge in [-0.3, -0.25) is 4.79 Å². The van der Waals surface area contributed by atoms with E-state index in [1.165, 1.54) is 17.7 Å². The van der Waals surface area contributed by atoms with Gasteiger partial charge in [0.2, 0.25) is 0 Å². The minimum absolute atomic E-state index is 0.0234. The summed E-state index contributed by atoms with van der Waals surface area (Å²) in [5, 5.41) is 12.0. The molecule has 0 aliphatic rings. The maximum Gasteiger partial charge on any atom is 0.336 e. The normalized spacial score (nSPS) is 11.7. The van der Waals surface area contributed by atoms with Crippen molar-refractivity contribution in [1.29, 1.82) is 0 Å². The van der Waals surface area contributed by atoms with Crippen LogP contribution in [0.15, 0.2) is 54.6 Å². The van der Waals surface area contributed by atoms with Crippen molar-refractivity contribution in [2.75, 3.05) is 0 Å². The van der Waals surface area contributed by atoms with Crippen LogP contribution in [0, 0.1) is 0 Å². The summed E-state index contributed by atoms with van der Waals surface area (Å²) in [6.45, 7) is 1.92. The summed E-state index contributed by atoms with van der Waals surface area (Å²) in [6, 6.07) is 16.3. The number of aromatic carboxylic acids is 1. The largest absolute Gasteiger partial charge is 0.478 e. The molecular formula is C18H19NO3. The highest BCUT2D eigenvalue weighted by molar-refractivity contribution is 6.04. The third-order valence-corrected chi connectivity index (χ3v) is 3.49. The Morgan fingerprint density at radius 3 is 2.23 bits per heavy atom. The summed E-state index contributed by atoms with van der Waals surface area (Å²) >= 11 is 0. The maximum absolute atomic E-state index is 12.2. The number of carboxylic acid groups (broad SMARTS) is 1. The molecule has 0 aliphatic heterocycles. The van der Waals surface area contributed by atoms with Gasteiger partial charge in [0, 0.05) is 6.04 Å². The van der Waals surface area contributed by atoms with Crippen LogP contribution in [0.4, 0.5) is 0 Å². The second-order valence-electron chi connectivity index (χ2n) is 5.25. The van der Waals surface area contributed by atoms with Crippen LogP contribution in [0.1, 0.15) is 39.6 Å². The van der Waals surface area contributed by atoms with Gasteiger partial charge < -0.3 is 10.4 Å². The first-order valence-corrected chi connectivity index (χ1v) is 7.25. The monoisotopic (exact) mass is 297 g/mol. The zero-order valence-electron chi connectivity index (χ0n) is 12.5. The topological polar surface area (TPSA) is 66.4 Å². The fraction of sp³-hybridized carbons (Fsp3) is 0.222. The lowest BCUT2D eigenvalue weighted by Crippen LogP contribution is -2.33. The van der Waals surface area contributed by atoms with Crippen LogP contribution in [0.2, 0.25) is 0 Å². The maximum atomic E-state index is 12.2. The van der Waals surface area contributed by atoms with Gasteiger partial charge in [-0.05, 0) is 37.5 Å². The van der Waals surface area contributed by atoms with E-state index in [0.717, 1.165) is 12.8 Å². The molecule has 0 unspecified atom stereocenters. The summed E-state index contributed by atoms with van der Waals surface area (Å²) in [5.41, 5.74) is 1.44. The van der Waals surface area contributed by atoms with Crippen molar-refractivity contribution < 1.29 is 14.7 Å². The van der Waals surface area contributed by atoms with Crippen molar-refractivity contribution in [1.82, 2.24) is 5.32 Å². The summed E-state index contributed by atoms with van der Waals surface area (Å²) in [7, 11) is 0. The van der Waals surface area contributed by atoms with E-state index in [0.29, 0.717) is 0 Å². The van der Waals surface area contributed by atoms with Crippen LogP contribution in [0.5, 0.6) is 0 Å². The minimum Gasteiger partial charge on any atom is -0.478 e. The Morgan fingerprint density at radius 1 is 1.00 bits per heavy atom. The highest BCUT2D eigenvalue weighted by Gasteiger charge is 2.17. The predicted octanol–water partition coefficient (Wildman–Crippen LogP) is 3.14. The van der Waals surface area contributed by atoms with Crippen molar-refractivity contribution in [2.45, 2.75) is 25.8 Å². The smallest absolute Gasteiger partial charge is 0.336 e. The van der Waals surface area contributed by atoms with Crippen LogP contribution >= 0.6 is 0 Å². The zero-order valence-corrected chi connectivity index (χ0v) is 12.5. The van der Waals surface area contributed by atoms with Crippen molar-refractivity contribution in [3.05, 3.63) is 71.3 Å². The van der Waals surface area contributed by atoms with Crippen LogP contribution in [0.3, 0.4) is 0 Å². The number of carbonyl (C=O) groups is 2. The quantitative estimate of drug-likeness (QED) is 0.861. The molecule has 1 atom stereocenters. The van der Waals surface area contributed by atoms with Crippen molar-refractivity contribution in [2.24, 2.45) is 0 Å². The molecule has 4 nitrogen and oxygen atoms in total. The summed E-state index contributed by atoms with van der Waals surface area (Å²) in [5.74, 6) is -1.44. The highest BCUT2D eigenvalue weighted by atomic mass is 16.4. The number of carbonyl (C=O) groups excluding carboxylic acids is 1. The third-order valence-electron chi connectivity index (χ3n) is 3.49. The molecule has 22 heavy (non-hydrogen) atoms. The number of rotatable bonds is 6. The lowest BCUT2D eigenvalue weighted by Gasteiger charge is -2.15. The second kappa shape index (κ2) is 7.41. The van der Waals surface area contributed by atoms with Gasteiger partial charge in [0.15, 0.2) is 0 Å². The van der Waals surface area contributed by atoms with Crippen molar-refractivity contribution >= 4 is 11.9 Å². The number of carboxylic acids is 1. The Labute approximate surface area is 129 Å². The minimum atomic E-state index is -1.09. The number of hydrogen-bond acceptors (Lipinski definition) is 2. The first kappa shape index (κ1) is 15.8. The second-order valence-corrected chi connectivity index (χ2v) is 5.25. The Balaban J connectivity index is 1.95. The van der Waals surface area contributed by atoms with Gasteiger partial charge in [0.1, 0.15) is 0 Å². The van der Waals surface area contributed by atoms with Crippen LogP contribution in [0.25, 0.3) is 0 Å². The standard InChI is InChI=1S/C18H19NO3/c1-13(11-12-14-7-3-2-4-8-14)19-17(20)15-9-5-6-10-16(15)18(21)22/h2-10,13H,11-12H2,1H3,(H,19,20)(H,21,22)/t13-/m0/s1.